The molecule has 1 aliphatic rings. The number of carbonyl (C=O) groups is 3. The lowest BCUT2D eigenvalue weighted by Crippen LogP contribution is -2.55. The lowest BCUT2D eigenvalue weighted by Gasteiger charge is -2.40. The molecule has 0 amide bonds. The lowest BCUT2D eigenvalue weighted by molar-refractivity contribution is -0.250. The molecule has 238 valence electrons. The summed E-state index contributed by atoms with van der Waals surface area (Å²) in [5.74, 6) is -2.34. The highest BCUT2D eigenvalue weighted by Gasteiger charge is 2.57. The van der Waals surface area contributed by atoms with Gasteiger partial charge in [-0.3, -0.25) is 14.4 Å². The van der Waals surface area contributed by atoms with Crippen molar-refractivity contribution in [2.24, 2.45) is 5.41 Å². The van der Waals surface area contributed by atoms with Crippen LogP contribution in [0.25, 0.3) is 33.2 Å². The Balaban J connectivity index is 1.13. The number of furan rings is 1. The zero-order valence-electron chi connectivity index (χ0n) is 26.8. The number of Topliss-reactive ketones (excluding diaryl/α,β-unsaturated/α-hetero) is 1. The average molecular weight is 635 g/mol. The first kappa shape index (κ1) is 30.9. The normalized spacial score (nSPS) is 15.1. The van der Waals surface area contributed by atoms with Crippen molar-refractivity contribution in [3.8, 4) is 22.3 Å². The molecular weight excluding hydrogens is 600 g/mol. The van der Waals surface area contributed by atoms with Crippen LogP contribution >= 0.6 is 0 Å². The maximum atomic E-state index is 13.6. The highest BCUT2D eigenvalue weighted by Crippen LogP contribution is 2.40. The summed E-state index contributed by atoms with van der Waals surface area (Å²) in [5.41, 5.74) is 5.42. The number of carbonyl (C=O) groups excluding carboxylic acids is 3. The summed E-state index contributed by atoms with van der Waals surface area (Å²) in [7, 11) is 0. The molecular formula is C42H34O6. The molecule has 1 aliphatic heterocycles. The SMILES string of the molecule is CC1(C)OC(=O)C(CC(=O)c2ccc(-c3ccc(-c4c(Cc5ccccc5)oc5ccccc45)cc3)cc2)(Cc2ccccc2)C(=O)O1. The van der Waals surface area contributed by atoms with Crippen LogP contribution in [0.15, 0.2) is 138 Å². The first-order valence-electron chi connectivity index (χ1n) is 16.0. The van der Waals surface area contributed by atoms with Crippen molar-refractivity contribution >= 4 is 28.7 Å². The largest absolute Gasteiger partial charge is 0.460 e. The van der Waals surface area contributed by atoms with Crippen molar-refractivity contribution in [2.75, 3.05) is 0 Å². The second-order valence-corrected chi connectivity index (χ2v) is 12.7. The molecule has 1 fully saturated rings. The van der Waals surface area contributed by atoms with Crippen LogP contribution in [0.5, 0.6) is 0 Å². The molecule has 6 aromatic rings. The van der Waals surface area contributed by atoms with E-state index in [2.05, 4.69) is 42.5 Å². The summed E-state index contributed by atoms with van der Waals surface area (Å²) >= 11 is 0. The Morgan fingerprint density at radius 3 is 1.75 bits per heavy atom. The fourth-order valence-electron chi connectivity index (χ4n) is 6.41. The van der Waals surface area contributed by atoms with Crippen LogP contribution in [0.4, 0.5) is 0 Å². The van der Waals surface area contributed by atoms with Gasteiger partial charge in [-0.25, -0.2) is 0 Å². The zero-order chi connectivity index (χ0) is 33.3. The number of hydrogen-bond donors (Lipinski definition) is 0. The average Bonchev–Trinajstić information content (AvgIpc) is 3.45. The molecule has 1 aromatic heterocycles. The van der Waals surface area contributed by atoms with Gasteiger partial charge >= 0.3 is 11.9 Å². The third kappa shape index (κ3) is 6.05. The Bertz CT molecular complexity index is 2090. The summed E-state index contributed by atoms with van der Waals surface area (Å²) in [6.07, 6.45) is 0.312. The number of ketones is 1. The van der Waals surface area contributed by atoms with Crippen molar-refractivity contribution in [3.05, 3.63) is 156 Å². The molecule has 1 saturated heterocycles. The highest BCUT2D eigenvalue weighted by atomic mass is 16.7. The smallest absolute Gasteiger partial charge is 0.327 e. The van der Waals surface area contributed by atoms with Gasteiger partial charge in [0.15, 0.2) is 11.2 Å². The van der Waals surface area contributed by atoms with E-state index in [-0.39, 0.29) is 18.6 Å². The predicted octanol–water partition coefficient (Wildman–Crippen LogP) is 9.00. The molecule has 6 heteroatoms. The van der Waals surface area contributed by atoms with Crippen LogP contribution in [-0.4, -0.2) is 23.5 Å². The third-order valence-electron chi connectivity index (χ3n) is 8.86. The molecule has 7 rings (SSSR count). The maximum Gasteiger partial charge on any atom is 0.327 e. The summed E-state index contributed by atoms with van der Waals surface area (Å²) in [6.45, 7) is 3.01. The van der Waals surface area contributed by atoms with Crippen molar-refractivity contribution in [3.63, 3.8) is 0 Å². The molecule has 0 bridgehead atoms. The van der Waals surface area contributed by atoms with Gasteiger partial charge < -0.3 is 13.9 Å². The van der Waals surface area contributed by atoms with Gasteiger partial charge in [0.25, 0.3) is 5.79 Å². The van der Waals surface area contributed by atoms with Crippen molar-refractivity contribution in [1.82, 2.24) is 0 Å². The molecule has 0 N–H and O–H groups in total. The number of para-hydroxylation sites is 1. The van der Waals surface area contributed by atoms with Gasteiger partial charge in [-0.2, -0.15) is 0 Å². The van der Waals surface area contributed by atoms with E-state index in [1.54, 1.807) is 12.1 Å². The molecule has 48 heavy (non-hydrogen) atoms. The Labute approximate surface area is 278 Å². The van der Waals surface area contributed by atoms with E-state index >= 15 is 0 Å². The molecule has 0 atom stereocenters. The number of cyclic esters (lactones) is 2. The van der Waals surface area contributed by atoms with Gasteiger partial charge in [-0.1, -0.05) is 127 Å². The minimum atomic E-state index is -1.78. The first-order chi connectivity index (χ1) is 23.2. The van der Waals surface area contributed by atoms with E-state index < -0.39 is 23.1 Å². The summed E-state index contributed by atoms with van der Waals surface area (Å²) in [6, 6.07) is 43.0. The standard InChI is InChI=1S/C42H34O6/c1-41(2)47-39(44)42(40(45)48-41,26-29-13-7-4-8-14-29)27-35(43)32-21-17-30(18-22-32)31-19-23-33(24-20-31)38-34-15-9-10-16-36(34)46-37(38)25-28-11-5-3-6-12-28/h3-24H,25-27H2,1-2H3. The van der Waals surface area contributed by atoms with E-state index in [0.29, 0.717) is 12.0 Å². The van der Waals surface area contributed by atoms with Crippen molar-refractivity contribution in [1.29, 1.82) is 0 Å². The van der Waals surface area contributed by atoms with E-state index in [0.717, 1.165) is 44.5 Å². The lowest BCUT2D eigenvalue weighted by atomic mass is 9.75. The van der Waals surface area contributed by atoms with Crippen LogP contribution in [0.2, 0.25) is 0 Å². The maximum absolute atomic E-state index is 13.6. The summed E-state index contributed by atoms with van der Waals surface area (Å²) in [4.78, 5) is 40.4. The molecule has 0 spiro atoms. The Kier molecular flexibility index (Phi) is 8.01. The van der Waals surface area contributed by atoms with Crippen LogP contribution in [0.1, 0.15) is 47.5 Å². The molecule has 2 heterocycles. The van der Waals surface area contributed by atoms with Crippen molar-refractivity contribution < 1.29 is 28.3 Å². The van der Waals surface area contributed by atoms with Gasteiger partial charge in [0.05, 0.1) is 0 Å². The number of esters is 2. The zero-order valence-corrected chi connectivity index (χ0v) is 26.8. The van der Waals surface area contributed by atoms with Crippen LogP contribution in [-0.2, 0) is 31.9 Å². The van der Waals surface area contributed by atoms with Gasteiger partial charge in [0.2, 0.25) is 0 Å². The number of rotatable bonds is 9. The van der Waals surface area contributed by atoms with Gasteiger partial charge in [-0.15, -0.1) is 0 Å². The minimum absolute atomic E-state index is 0.00320. The topological polar surface area (TPSA) is 82.8 Å². The fraction of sp³-hybridized carbons (Fsp3) is 0.167. The van der Waals surface area contributed by atoms with Crippen LogP contribution in [0.3, 0.4) is 0 Å². The fourth-order valence-corrected chi connectivity index (χ4v) is 6.41. The molecule has 6 nitrogen and oxygen atoms in total. The van der Waals surface area contributed by atoms with E-state index in [1.165, 1.54) is 19.4 Å². The predicted molar refractivity (Wildman–Crippen MR) is 184 cm³/mol. The van der Waals surface area contributed by atoms with Gasteiger partial charge in [0.1, 0.15) is 11.3 Å². The summed E-state index contributed by atoms with van der Waals surface area (Å²) in [5, 5.41) is 1.07. The Morgan fingerprint density at radius 1 is 0.604 bits per heavy atom. The summed E-state index contributed by atoms with van der Waals surface area (Å²) < 4.78 is 17.3. The second kappa shape index (κ2) is 12.5. The second-order valence-electron chi connectivity index (χ2n) is 12.7. The molecule has 5 aromatic carbocycles. The minimum Gasteiger partial charge on any atom is -0.460 e. The third-order valence-corrected chi connectivity index (χ3v) is 8.86. The molecule has 0 saturated carbocycles. The quantitative estimate of drug-likeness (QED) is 0.0897. The van der Waals surface area contributed by atoms with Crippen LogP contribution in [0, 0.1) is 5.41 Å². The van der Waals surface area contributed by atoms with E-state index in [1.807, 2.05) is 78.9 Å². The molecule has 0 aliphatic carbocycles. The first-order valence-corrected chi connectivity index (χ1v) is 16.0. The Hall–Kier alpha value is -5.75. The van der Waals surface area contributed by atoms with E-state index in [4.69, 9.17) is 13.9 Å². The van der Waals surface area contributed by atoms with E-state index in [9.17, 15) is 14.4 Å². The monoisotopic (exact) mass is 634 g/mol. The number of benzene rings is 5. The molecule has 0 unspecified atom stereocenters. The Morgan fingerprint density at radius 2 is 1.12 bits per heavy atom. The number of fused-ring (bicyclic) bond motifs is 1. The van der Waals surface area contributed by atoms with Gasteiger partial charge in [-0.05, 0) is 40.3 Å². The number of ether oxygens (including phenoxy) is 2. The number of hydrogen-bond acceptors (Lipinski definition) is 6. The highest BCUT2D eigenvalue weighted by molar-refractivity contribution is 6.09. The van der Waals surface area contributed by atoms with Crippen LogP contribution < -0.4 is 0 Å². The van der Waals surface area contributed by atoms with Crippen molar-refractivity contribution in [2.45, 2.75) is 38.9 Å². The van der Waals surface area contributed by atoms with Gasteiger partial charge in [0, 0.05) is 43.2 Å². The molecule has 0 radical (unpaired) electrons.